The summed E-state index contributed by atoms with van der Waals surface area (Å²) in [5.41, 5.74) is 1.08. The second kappa shape index (κ2) is 8.07. The summed E-state index contributed by atoms with van der Waals surface area (Å²) in [5, 5.41) is 2.94. The van der Waals surface area contributed by atoms with Gasteiger partial charge in [0.2, 0.25) is 17.7 Å². The second-order valence-electron chi connectivity index (χ2n) is 10.5. The molecule has 6 aliphatic rings. The Labute approximate surface area is 198 Å². The molecular weight excluding hydrogens is 432 g/mol. The van der Waals surface area contributed by atoms with E-state index in [1.54, 1.807) is 36.1 Å². The van der Waals surface area contributed by atoms with Crippen LogP contribution >= 0.6 is 0 Å². The minimum atomic E-state index is -0.384. The van der Waals surface area contributed by atoms with Gasteiger partial charge in [-0.3, -0.25) is 19.3 Å². The minimum Gasteiger partial charge on any atom is -0.462 e. The van der Waals surface area contributed by atoms with Gasteiger partial charge in [-0.05, 0) is 87.0 Å². The predicted molar refractivity (Wildman–Crippen MR) is 123 cm³/mol. The van der Waals surface area contributed by atoms with Gasteiger partial charge in [0.25, 0.3) is 0 Å². The monoisotopic (exact) mass is 462 g/mol. The molecule has 7 heteroatoms. The number of allylic oxidation sites excluding steroid dienone is 2. The Balaban J connectivity index is 1.06. The van der Waals surface area contributed by atoms with Crippen molar-refractivity contribution >= 4 is 29.4 Å². The van der Waals surface area contributed by atoms with E-state index in [1.165, 1.54) is 6.42 Å². The largest absolute Gasteiger partial charge is 0.462 e. The van der Waals surface area contributed by atoms with Crippen molar-refractivity contribution in [3.63, 3.8) is 0 Å². The van der Waals surface area contributed by atoms with Crippen LogP contribution in [-0.4, -0.2) is 41.2 Å². The Bertz CT molecular complexity index is 1030. The second-order valence-corrected chi connectivity index (χ2v) is 10.5. The van der Waals surface area contributed by atoms with E-state index >= 15 is 0 Å². The molecule has 3 amide bonds. The average molecular weight is 463 g/mol. The Morgan fingerprint density at radius 1 is 0.941 bits per heavy atom. The number of amides is 3. The van der Waals surface area contributed by atoms with Crippen LogP contribution in [0.15, 0.2) is 36.4 Å². The highest BCUT2D eigenvalue weighted by atomic mass is 16.5. The first kappa shape index (κ1) is 21.6. The van der Waals surface area contributed by atoms with Gasteiger partial charge in [-0.25, -0.2) is 4.79 Å². The molecule has 1 N–H and O–H groups in total. The van der Waals surface area contributed by atoms with Crippen molar-refractivity contribution in [3.05, 3.63) is 42.0 Å². The van der Waals surface area contributed by atoms with Crippen LogP contribution in [0, 0.1) is 41.4 Å². The van der Waals surface area contributed by atoms with Crippen molar-refractivity contribution in [3.8, 4) is 0 Å². The van der Waals surface area contributed by atoms with Crippen molar-refractivity contribution in [2.45, 2.75) is 45.1 Å². The van der Waals surface area contributed by atoms with E-state index in [2.05, 4.69) is 17.5 Å². The van der Waals surface area contributed by atoms with Crippen molar-refractivity contribution in [1.82, 2.24) is 4.90 Å². The Kier molecular flexibility index (Phi) is 5.12. The minimum absolute atomic E-state index is 0.0364. The van der Waals surface area contributed by atoms with Crippen molar-refractivity contribution in [2.75, 3.05) is 11.9 Å². The van der Waals surface area contributed by atoms with Crippen LogP contribution in [0.3, 0.4) is 0 Å². The topological polar surface area (TPSA) is 92.8 Å². The summed E-state index contributed by atoms with van der Waals surface area (Å²) in [7, 11) is 0. The normalized spacial score (nSPS) is 37.3. The van der Waals surface area contributed by atoms with Gasteiger partial charge < -0.3 is 10.1 Å². The molecule has 178 valence electrons. The maximum atomic E-state index is 13.3. The number of hydrogen-bond donors (Lipinski definition) is 1. The molecule has 1 aromatic rings. The number of hydrogen-bond acceptors (Lipinski definition) is 5. The van der Waals surface area contributed by atoms with E-state index in [0.717, 1.165) is 0 Å². The number of likely N-dealkylation sites (tertiary alicyclic amines) is 1. The van der Waals surface area contributed by atoms with Crippen LogP contribution < -0.4 is 5.32 Å². The molecule has 0 radical (unpaired) electrons. The first-order valence-electron chi connectivity index (χ1n) is 12.6. The number of ether oxygens (including phenoxy) is 1. The van der Waals surface area contributed by atoms with Gasteiger partial charge in [-0.15, -0.1) is 0 Å². The molecular formula is C27H30N2O5. The zero-order chi connectivity index (χ0) is 23.6. The Hall–Kier alpha value is -2.96. The van der Waals surface area contributed by atoms with Gasteiger partial charge in [0.05, 0.1) is 24.0 Å². The summed E-state index contributed by atoms with van der Waals surface area (Å²) in [6.07, 6.45) is 8.23. The number of imide groups is 1. The zero-order valence-corrected chi connectivity index (χ0v) is 19.3. The highest BCUT2D eigenvalue weighted by molar-refractivity contribution is 6.06. The fourth-order valence-corrected chi connectivity index (χ4v) is 7.08. The third kappa shape index (κ3) is 3.31. The summed E-state index contributed by atoms with van der Waals surface area (Å²) in [6, 6.07) is 6.59. The zero-order valence-electron chi connectivity index (χ0n) is 19.3. The molecule has 2 bridgehead atoms. The number of anilines is 1. The number of benzene rings is 1. The van der Waals surface area contributed by atoms with E-state index in [-0.39, 0.29) is 59.3 Å². The molecule has 1 heterocycles. The SMILES string of the molecule is CCOC(=O)c1ccc(NC(=O)C2CCC(N3C(=O)[C@@H]4[C@@H]5C=C[C@H]([C@@H]6C[C@H]56)[C@H]4C3=O)CC2)cc1. The smallest absolute Gasteiger partial charge is 0.338 e. The molecule has 3 saturated carbocycles. The van der Waals surface area contributed by atoms with Gasteiger partial charge in [0.15, 0.2) is 0 Å². The third-order valence-electron chi connectivity index (χ3n) is 8.79. The number of carbonyl (C=O) groups is 4. The number of rotatable bonds is 5. The molecule has 5 aliphatic carbocycles. The van der Waals surface area contributed by atoms with Crippen LogP contribution in [0.5, 0.6) is 0 Å². The maximum absolute atomic E-state index is 13.3. The lowest BCUT2D eigenvalue weighted by Crippen LogP contribution is -2.44. The van der Waals surface area contributed by atoms with Crippen LogP contribution in [-0.2, 0) is 19.1 Å². The summed E-state index contributed by atoms with van der Waals surface area (Å²) in [4.78, 5) is 52.9. The first-order valence-corrected chi connectivity index (χ1v) is 12.6. The fraction of sp³-hybridized carbons (Fsp3) is 0.556. The lowest BCUT2D eigenvalue weighted by molar-refractivity contribution is -0.144. The van der Waals surface area contributed by atoms with Gasteiger partial charge in [0.1, 0.15) is 0 Å². The Morgan fingerprint density at radius 3 is 2.09 bits per heavy atom. The molecule has 0 aromatic heterocycles. The Morgan fingerprint density at radius 2 is 1.53 bits per heavy atom. The van der Waals surface area contributed by atoms with Gasteiger partial charge in [-0.2, -0.15) is 0 Å². The maximum Gasteiger partial charge on any atom is 0.338 e. The van der Waals surface area contributed by atoms with Crippen LogP contribution in [0.4, 0.5) is 5.69 Å². The number of nitrogens with one attached hydrogen (secondary N) is 1. The van der Waals surface area contributed by atoms with E-state index in [0.29, 0.717) is 55.4 Å². The number of nitrogens with zero attached hydrogens (tertiary/aromatic N) is 1. The molecule has 34 heavy (non-hydrogen) atoms. The number of carbonyl (C=O) groups excluding carboxylic acids is 4. The molecule has 7 nitrogen and oxygen atoms in total. The van der Waals surface area contributed by atoms with Crippen molar-refractivity contribution in [2.24, 2.45) is 41.4 Å². The highest BCUT2D eigenvalue weighted by Crippen LogP contribution is 2.65. The lowest BCUT2D eigenvalue weighted by atomic mass is 9.63. The molecule has 1 aromatic carbocycles. The molecule has 0 spiro atoms. The van der Waals surface area contributed by atoms with Gasteiger partial charge in [0, 0.05) is 17.6 Å². The quantitative estimate of drug-likeness (QED) is 0.411. The predicted octanol–water partition coefficient (Wildman–Crippen LogP) is 3.41. The third-order valence-corrected chi connectivity index (χ3v) is 8.79. The summed E-state index contributed by atoms with van der Waals surface area (Å²) in [5.74, 6) is 0.901. The van der Waals surface area contributed by atoms with Crippen LogP contribution in [0.1, 0.15) is 49.4 Å². The van der Waals surface area contributed by atoms with E-state index < -0.39 is 0 Å². The van der Waals surface area contributed by atoms with E-state index in [9.17, 15) is 19.2 Å². The molecule has 7 rings (SSSR count). The van der Waals surface area contributed by atoms with Crippen LogP contribution in [0.2, 0.25) is 0 Å². The summed E-state index contributed by atoms with van der Waals surface area (Å²) in [6.45, 7) is 2.07. The first-order chi connectivity index (χ1) is 16.5. The molecule has 1 aliphatic heterocycles. The highest BCUT2D eigenvalue weighted by Gasteiger charge is 2.67. The fourth-order valence-electron chi connectivity index (χ4n) is 7.08. The van der Waals surface area contributed by atoms with E-state index in [1.807, 2.05) is 0 Å². The molecule has 4 fully saturated rings. The standard InChI is InChI=1S/C27H30N2O5/c1-2-34-27(33)15-3-7-16(8-4-15)28-24(30)14-5-9-17(10-6-14)29-25(31)22-18-11-12-19(21-13-20(18)21)23(22)26(29)32/h3-4,7-8,11-12,14,17-23H,2,5-6,9-10,13H2,1H3,(H,28,30)/t14?,17?,18-,19-,20-,21+,22-,23-/m1/s1. The molecule has 1 saturated heterocycles. The number of esters is 1. The molecule has 6 atom stereocenters. The molecule has 0 unspecified atom stereocenters. The van der Waals surface area contributed by atoms with E-state index in [4.69, 9.17) is 4.74 Å². The lowest BCUT2D eigenvalue weighted by Gasteiger charge is -2.37. The van der Waals surface area contributed by atoms with Crippen molar-refractivity contribution < 1.29 is 23.9 Å². The summed E-state index contributed by atoms with van der Waals surface area (Å²) >= 11 is 0. The van der Waals surface area contributed by atoms with Crippen molar-refractivity contribution in [1.29, 1.82) is 0 Å². The average Bonchev–Trinajstić information content (AvgIpc) is 3.63. The van der Waals surface area contributed by atoms with Crippen LogP contribution in [0.25, 0.3) is 0 Å². The van der Waals surface area contributed by atoms with Gasteiger partial charge >= 0.3 is 5.97 Å². The van der Waals surface area contributed by atoms with Gasteiger partial charge in [-0.1, -0.05) is 12.2 Å². The summed E-state index contributed by atoms with van der Waals surface area (Å²) < 4.78 is 4.98.